The van der Waals surface area contributed by atoms with Crippen LogP contribution < -0.4 is 10.2 Å². The van der Waals surface area contributed by atoms with Crippen molar-refractivity contribution in [1.29, 1.82) is 0 Å². The van der Waals surface area contributed by atoms with Gasteiger partial charge in [0, 0.05) is 49.8 Å². The normalized spacial score (nSPS) is 13.4. The minimum absolute atomic E-state index is 0.00856. The second kappa shape index (κ2) is 13.7. The summed E-state index contributed by atoms with van der Waals surface area (Å²) in [5.74, 6) is 0.195. The van der Waals surface area contributed by atoms with Crippen molar-refractivity contribution in [3.05, 3.63) is 101 Å². The van der Waals surface area contributed by atoms with Crippen LogP contribution in [0.2, 0.25) is 0 Å². The maximum absolute atomic E-state index is 14.7. The molecule has 0 saturated carbocycles. The lowest BCUT2D eigenvalue weighted by atomic mass is 9.88. The number of likely N-dealkylation sites (tertiary alicyclic amines) is 1. The van der Waals surface area contributed by atoms with E-state index in [-0.39, 0.29) is 30.5 Å². The molecular formula is C32H33F2N3O3. The molecule has 1 fully saturated rings. The number of amides is 2. The second-order valence-electron chi connectivity index (χ2n) is 9.86. The standard InChI is InChI=1S/C32H33F2N3O3/c1-2-8-31(39)35-29-12-7-6-11-27(29)23-15-18-36(19-16-23)26(22-38)17-20-37(30-14-13-25(33)21-28(30)34)32(40)24-9-4-3-5-10-24/h3-7,9-14,21,23H,2,8,15-20H2,1H3,(H,35,39). The van der Waals surface area contributed by atoms with E-state index in [0.717, 1.165) is 42.6 Å². The molecule has 6 nitrogen and oxygen atoms in total. The molecule has 1 N–H and O–H groups in total. The summed E-state index contributed by atoms with van der Waals surface area (Å²) in [6, 6.07) is 19.3. The highest BCUT2D eigenvalue weighted by Gasteiger charge is 2.26. The number of benzene rings is 3. The van der Waals surface area contributed by atoms with E-state index in [1.54, 1.807) is 30.3 Å². The van der Waals surface area contributed by atoms with Gasteiger partial charge in [-0.25, -0.2) is 13.6 Å². The monoisotopic (exact) mass is 545 g/mol. The van der Waals surface area contributed by atoms with Gasteiger partial charge in [-0.15, -0.1) is 0 Å². The molecule has 3 aromatic carbocycles. The van der Waals surface area contributed by atoms with Gasteiger partial charge in [0.1, 0.15) is 23.3 Å². The van der Waals surface area contributed by atoms with E-state index in [4.69, 9.17) is 0 Å². The maximum atomic E-state index is 14.7. The molecule has 8 heteroatoms. The first-order valence-corrected chi connectivity index (χ1v) is 13.6. The number of para-hydroxylation sites is 1. The third-order valence-corrected chi connectivity index (χ3v) is 7.18. The van der Waals surface area contributed by atoms with E-state index in [1.165, 1.54) is 11.0 Å². The maximum Gasteiger partial charge on any atom is 0.258 e. The van der Waals surface area contributed by atoms with Gasteiger partial charge in [-0.05, 0) is 61.1 Å². The Morgan fingerprint density at radius 2 is 1.68 bits per heavy atom. The highest BCUT2D eigenvalue weighted by Crippen LogP contribution is 2.34. The lowest BCUT2D eigenvalue weighted by Gasteiger charge is -2.35. The Hall–Kier alpha value is -4.29. The van der Waals surface area contributed by atoms with Gasteiger partial charge in [0.05, 0.1) is 5.69 Å². The largest absolute Gasteiger partial charge is 0.366 e. The number of halogens is 2. The smallest absolute Gasteiger partial charge is 0.258 e. The fraction of sp³-hybridized carbons (Fsp3) is 0.312. The van der Waals surface area contributed by atoms with E-state index >= 15 is 0 Å². The number of hydrogen-bond donors (Lipinski definition) is 1. The molecule has 0 atom stereocenters. The zero-order chi connectivity index (χ0) is 28.5. The number of anilines is 2. The number of carbonyl (C=O) groups excluding carboxylic acids is 3. The van der Waals surface area contributed by atoms with Crippen molar-refractivity contribution >= 4 is 29.1 Å². The van der Waals surface area contributed by atoms with E-state index in [1.807, 2.05) is 42.0 Å². The molecule has 0 aromatic heterocycles. The molecule has 0 radical (unpaired) electrons. The van der Waals surface area contributed by atoms with Crippen molar-refractivity contribution in [3.63, 3.8) is 0 Å². The predicted octanol–water partition coefficient (Wildman–Crippen LogP) is 6.34. The Bertz CT molecular complexity index is 1380. The summed E-state index contributed by atoms with van der Waals surface area (Å²) >= 11 is 0. The Morgan fingerprint density at radius 3 is 2.35 bits per heavy atom. The van der Waals surface area contributed by atoms with Crippen LogP contribution in [-0.4, -0.2) is 42.3 Å². The van der Waals surface area contributed by atoms with Gasteiger partial charge in [-0.2, -0.15) is 0 Å². The van der Waals surface area contributed by atoms with Gasteiger partial charge < -0.3 is 15.1 Å². The first kappa shape index (κ1) is 28.7. The van der Waals surface area contributed by atoms with Crippen molar-refractivity contribution in [1.82, 2.24) is 4.90 Å². The fourth-order valence-electron chi connectivity index (χ4n) is 5.13. The lowest BCUT2D eigenvalue weighted by molar-refractivity contribution is -0.116. The summed E-state index contributed by atoms with van der Waals surface area (Å²) in [6.07, 6.45) is 2.94. The molecule has 40 heavy (non-hydrogen) atoms. The molecular weight excluding hydrogens is 512 g/mol. The second-order valence-corrected chi connectivity index (χ2v) is 9.86. The highest BCUT2D eigenvalue weighted by atomic mass is 19.1. The topological polar surface area (TPSA) is 69.7 Å². The summed E-state index contributed by atoms with van der Waals surface area (Å²) in [7, 11) is 0. The number of piperidine rings is 1. The minimum Gasteiger partial charge on any atom is -0.366 e. The number of nitrogens with zero attached hydrogens (tertiary/aromatic N) is 2. The Kier molecular flexibility index (Phi) is 9.81. The van der Waals surface area contributed by atoms with Crippen LogP contribution in [-0.2, 0) is 9.59 Å². The molecule has 0 aliphatic carbocycles. The third-order valence-electron chi connectivity index (χ3n) is 7.18. The van der Waals surface area contributed by atoms with E-state index in [0.29, 0.717) is 30.8 Å². The summed E-state index contributed by atoms with van der Waals surface area (Å²) in [6.45, 7) is 3.19. The molecule has 208 valence electrons. The molecule has 2 amide bonds. The van der Waals surface area contributed by atoms with Gasteiger partial charge in [0.15, 0.2) is 0 Å². The lowest BCUT2D eigenvalue weighted by Crippen LogP contribution is -2.37. The molecule has 0 bridgehead atoms. The number of nitrogens with one attached hydrogen (secondary N) is 1. The van der Waals surface area contributed by atoms with Crippen LogP contribution in [0.25, 0.3) is 0 Å². The van der Waals surface area contributed by atoms with Crippen molar-refractivity contribution in [2.45, 2.75) is 44.9 Å². The quantitative estimate of drug-likeness (QED) is 0.302. The molecule has 4 rings (SSSR count). The molecule has 1 aliphatic rings. The molecule has 1 heterocycles. The minimum atomic E-state index is -0.855. The number of rotatable bonds is 10. The number of carbonyl (C=O) groups is 2. The van der Waals surface area contributed by atoms with Gasteiger partial charge in [-0.1, -0.05) is 43.3 Å². The van der Waals surface area contributed by atoms with E-state index in [2.05, 4.69) is 5.32 Å². The summed E-state index contributed by atoms with van der Waals surface area (Å²) in [5.41, 5.74) is 2.60. The summed E-state index contributed by atoms with van der Waals surface area (Å²) < 4.78 is 28.3. The zero-order valence-corrected chi connectivity index (χ0v) is 22.5. The molecule has 0 spiro atoms. The van der Waals surface area contributed by atoms with Crippen LogP contribution >= 0.6 is 0 Å². The van der Waals surface area contributed by atoms with Crippen LogP contribution in [0, 0.1) is 11.6 Å². The molecule has 3 aromatic rings. The first-order chi connectivity index (χ1) is 19.4. The predicted molar refractivity (Wildman–Crippen MR) is 152 cm³/mol. The van der Waals surface area contributed by atoms with Gasteiger partial charge in [0.2, 0.25) is 5.91 Å². The average Bonchev–Trinajstić information content (AvgIpc) is 2.97. The van der Waals surface area contributed by atoms with Crippen LogP contribution in [0.4, 0.5) is 20.2 Å². The van der Waals surface area contributed by atoms with E-state index in [9.17, 15) is 23.2 Å². The van der Waals surface area contributed by atoms with Crippen LogP contribution in [0.3, 0.4) is 0 Å². The molecule has 1 aliphatic heterocycles. The average molecular weight is 546 g/mol. The van der Waals surface area contributed by atoms with Crippen molar-refractivity contribution < 1.29 is 23.2 Å². The van der Waals surface area contributed by atoms with Crippen molar-refractivity contribution in [3.8, 4) is 0 Å². The highest BCUT2D eigenvalue weighted by molar-refractivity contribution is 6.06. The van der Waals surface area contributed by atoms with Gasteiger partial charge in [0.25, 0.3) is 5.91 Å². The zero-order valence-electron chi connectivity index (χ0n) is 22.5. The van der Waals surface area contributed by atoms with E-state index < -0.39 is 17.5 Å². The fourth-order valence-corrected chi connectivity index (χ4v) is 5.13. The van der Waals surface area contributed by atoms with Crippen molar-refractivity contribution in [2.75, 3.05) is 29.9 Å². The SMILES string of the molecule is CCCC(=O)Nc1ccccc1C1CCN(C(=C=O)CCN(C(=O)c2ccccc2)c2ccc(F)cc2F)CC1. The Morgan fingerprint density at radius 1 is 0.975 bits per heavy atom. The third kappa shape index (κ3) is 7.01. The Labute approximate surface area is 233 Å². The van der Waals surface area contributed by atoms with Crippen LogP contribution in [0.5, 0.6) is 0 Å². The number of hydrogen-bond acceptors (Lipinski definition) is 4. The van der Waals surface area contributed by atoms with Gasteiger partial charge in [-0.3, -0.25) is 9.59 Å². The van der Waals surface area contributed by atoms with Crippen LogP contribution in [0.1, 0.15) is 60.9 Å². The summed E-state index contributed by atoms with van der Waals surface area (Å²) in [4.78, 5) is 40.7. The molecule has 0 unspecified atom stereocenters. The Balaban J connectivity index is 1.45. The first-order valence-electron chi connectivity index (χ1n) is 13.6. The summed E-state index contributed by atoms with van der Waals surface area (Å²) in [5, 5.41) is 3.02. The van der Waals surface area contributed by atoms with Gasteiger partial charge >= 0.3 is 0 Å². The van der Waals surface area contributed by atoms with Crippen LogP contribution in [0.15, 0.2) is 78.5 Å². The molecule has 1 saturated heterocycles. The van der Waals surface area contributed by atoms with Crippen molar-refractivity contribution in [2.24, 2.45) is 0 Å².